The van der Waals surface area contributed by atoms with Gasteiger partial charge in [0.1, 0.15) is 5.82 Å². The number of nitrogens with one attached hydrogen (secondary N) is 2. The molecular formula is C18H21FN4. The Morgan fingerprint density at radius 3 is 2.87 bits per heavy atom. The first-order valence-electron chi connectivity index (χ1n) is 8.45. The fourth-order valence-electron chi connectivity index (χ4n) is 3.74. The second-order valence-corrected chi connectivity index (χ2v) is 6.34. The van der Waals surface area contributed by atoms with E-state index in [2.05, 4.69) is 20.6 Å². The molecule has 2 aromatic rings. The van der Waals surface area contributed by atoms with Crippen molar-refractivity contribution in [2.45, 2.75) is 38.0 Å². The van der Waals surface area contributed by atoms with Crippen LogP contribution in [0.5, 0.6) is 0 Å². The van der Waals surface area contributed by atoms with Crippen LogP contribution in [0.2, 0.25) is 0 Å². The van der Waals surface area contributed by atoms with Gasteiger partial charge in [0.15, 0.2) is 5.96 Å². The molecule has 1 aromatic heterocycles. The predicted molar refractivity (Wildman–Crippen MR) is 91.5 cm³/mol. The molecular weight excluding hydrogens is 291 g/mol. The fourth-order valence-corrected chi connectivity index (χ4v) is 3.74. The van der Waals surface area contributed by atoms with Crippen LogP contribution in [0.3, 0.4) is 0 Å². The van der Waals surface area contributed by atoms with Gasteiger partial charge in [-0.15, -0.1) is 0 Å². The van der Waals surface area contributed by atoms with Crippen LogP contribution in [0, 0.1) is 5.82 Å². The quantitative estimate of drug-likeness (QED) is 0.887. The van der Waals surface area contributed by atoms with Crippen molar-refractivity contribution in [3.63, 3.8) is 0 Å². The van der Waals surface area contributed by atoms with E-state index in [0.29, 0.717) is 11.3 Å². The third kappa shape index (κ3) is 2.76. The van der Waals surface area contributed by atoms with Gasteiger partial charge < -0.3 is 10.6 Å². The van der Waals surface area contributed by atoms with Crippen molar-refractivity contribution in [1.82, 2.24) is 10.3 Å². The zero-order valence-electron chi connectivity index (χ0n) is 13.1. The average molecular weight is 312 g/mol. The topological polar surface area (TPSA) is 49.3 Å². The van der Waals surface area contributed by atoms with Gasteiger partial charge in [-0.2, -0.15) is 0 Å². The molecule has 120 valence electrons. The first-order valence-corrected chi connectivity index (χ1v) is 8.45. The molecule has 2 N–H and O–H groups in total. The van der Waals surface area contributed by atoms with E-state index < -0.39 is 0 Å². The molecule has 1 saturated carbocycles. The highest BCUT2D eigenvalue weighted by molar-refractivity contribution is 5.98. The number of aliphatic imine (C=N–C) groups is 1. The van der Waals surface area contributed by atoms with Crippen LogP contribution >= 0.6 is 0 Å². The standard InChI is InChI=1S/C18H21FN4/c19-14-11-15(23-18-21-9-10-22-18)16(12-5-2-1-3-6-12)17-13(14)7-4-8-20-17/h4,7-8,11-12H,1-3,5-6,9-10H2,(H2,21,22,23). The lowest BCUT2D eigenvalue weighted by atomic mass is 9.82. The van der Waals surface area contributed by atoms with Crippen LogP contribution in [-0.2, 0) is 0 Å². The lowest BCUT2D eigenvalue weighted by Gasteiger charge is -2.26. The van der Waals surface area contributed by atoms with E-state index >= 15 is 0 Å². The number of benzene rings is 1. The number of aromatic nitrogens is 1. The molecule has 2 aliphatic rings. The Morgan fingerprint density at radius 2 is 2.09 bits per heavy atom. The van der Waals surface area contributed by atoms with Crippen molar-refractivity contribution < 1.29 is 4.39 Å². The molecule has 0 radical (unpaired) electrons. The van der Waals surface area contributed by atoms with Crippen molar-refractivity contribution in [2.75, 3.05) is 18.4 Å². The van der Waals surface area contributed by atoms with Crippen LogP contribution in [0.25, 0.3) is 10.9 Å². The summed E-state index contributed by atoms with van der Waals surface area (Å²) in [6.45, 7) is 1.59. The molecule has 1 aliphatic heterocycles. The number of pyridine rings is 1. The van der Waals surface area contributed by atoms with E-state index in [-0.39, 0.29) is 5.82 Å². The number of halogens is 1. The Labute approximate surface area is 135 Å². The fraction of sp³-hybridized carbons (Fsp3) is 0.444. The van der Waals surface area contributed by atoms with Crippen molar-refractivity contribution in [1.29, 1.82) is 0 Å². The molecule has 1 fully saturated rings. The highest BCUT2D eigenvalue weighted by Crippen LogP contribution is 2.40. The minimum atomic E-state index is -0.228. The van der Waals surface area contributed by atoms with Gasteiger partial charge in [0.25, 0.3) is 0 Å². The minimum Gasteiger partial charge on any atom is -0.354 e. The van der Waals surface area contributed by atoms with Gasteiger partial charge in [0, 0.05) is 29.4 Å². The zero-order chi connectivity index (χ0) is 15.6. The zero-order valence-corrected chi connectivity index (χ0v) is 13.1. The number of hydrogen-bond donors (Lipinski definition) is 2. The molecule has 0 unspecified atom stereocenters. The Kier molecular flexibility index (Phi) is 3.85. The maximum absolute atomic E-state index is 14.5. The number of anilines is 1. The van der Waals surface area contributed by atoms with Gasteiger partial charge in [-0.3, -0.25) is 9.98 Å². The van der Waals surface area contributed by atoms with Gasteiger partial charge in [-0.1, -0.05) is 19.3 Å². The highest BCUT2D eigenvalue weighted by atomic mass is 19.1. The van der Waals surface area contributed by atoms with E-state index in [9.17, 15) is 4.39 Å². The third-order valence-corrected chi connectivity index (χ3v) is 4.82. The van der Waals surface area contributed by atoms with Crippen molar-refractivity contribution in [3.8, 4) is 0 Å². The van der Waals surface area contributed by atoms with Crippen molar-refractivity contribution >= 4 is 22.5 Å². The van der Waals surface area contributed by atoms with Gasteiger partial charge in [-0.05, 0) is 37.0 Å². The summed E-state index contributed by atoms with van der Waals surface area (Å²) >= 11 is 0. The second-order valence-electron chi connectivity index (χ2n) is 6.34. The van der Waals surface area contributed by atoms with Crippen LogP contribution < -0.4 is 10.6 Å². The molecule has 0 spiro atoms. The van der Waals surface area contributed by atoms with E-state index in [1.807, 2.05) is 6.07 Å². The molecule has 1 aliphatic carbocycles. The maximum atomic E-state index is 14.5. The summed E-state index contributed by atoms with van der Waals surface area (Å²) in [4.78, 5) is 8.89. The smallest absolute Gasteiger partial charge is 0.195 e. The molecule has 0 atom stereocenters. The summed E-state index contributed by atoms with van der Waals surface area (Å²) in [5.41, 5.74) is 2.76. The predicted octanol–water partition coefficient (Wildman–Crippen LogP) is 3.79. The lowest BCUT2D eigenvalue weighted by Crippen LogP contribution is -2.27. The average Bonchev–Trinajstić information content (AvgIpc) is 3.09. The molecule has 0 amide bonds. The Bertz CT molecular complexity index is 750. The summed E-state index contributed by atoms with van der Waals surface area (Å²) in [5, 5.41) is 7.11. The summed E-state index contributed by atoms with van der Waals surface area (Å²) < 4.78 is 14.5. The SMILES string of the molecule is Fc1cc(NC2=NCCN2)c(C2CCCCC2)c2ncccc12. The summed E-state index contributed by atoms with van der Waals surface area (Å²) in [6.07, 6.45) is 7.80. The molecule has 0 bridgehead atoms. The molecule has 5 heteroatoms. The van der Waals surface area contributed by atoms with Crippen LogP contribution in [0.1, 0.15) is 43.6 Å². The second kappa shape index (κ2) is 6.14. The normalized spacial score (nSPS) is 18.7. The largest absolute Gasteiger partial charge is 0.354 e. The van der Waals surface area contributed by atoms with Crippen LogP contribution in [0.4, 0.5) is 10.1 Å². The first kappa shape index (κ1) is 14.4. The van der Waals surface area contributed by atoms with Crippen molar-refractivity contribution in [3.05, 3.63) is 35.8 Å². The van der Waals surface area contributed by atoms with E-state index in [4.69, 9.17) is 0 Å². The number of guanidine groups is 1. The van der Waals surface area contributed by atoms with E-state index in [1.54, 1.807) is 18.3 Å². The molecule has 2 heterocycles. The van der Waals surface area contributed by atoms with Crippen LogP contribution in [-0.4, -0.2) is 24.0 Å². The number of nitrogens with zero attached hydrogens (tertiary/aromatic N) is 2. The summed E-state index contributed by atoms with van der Waals surface area (Å²) in [7, 11) is 0. The monoisotopic (exact) mass is 312 g/mol. The van der Waals surface area contributed by atoms with Gasteiger partial charge in [0.05, 0.1) is 12.1 Å². The molecule has 4 nitrogen and oxygen atoms in total. The number of fused-ring (bicyclic) bond motifs is 1. The van der Waals surface area contributed by atoms with Gasteiger partial charge in [0.2, 0.25) is 0 Å². The number of hydrogen-bond acceptors (Lipinski definition) is 4. The van der Waals surface area contributed by atoms with Crippen molar-refractivity contribution in [2.24, 2.45) is 4.99 Å². The Hall–Kier alpha value is -2.17. The first-order chi connectivity index (χ1) is 11.3. The summed E-state index contributed by atoms with van der Waals surface area (Å²) in [6, 6.07) is 5.22. The molecule has 23 heavy (non-hydrogen) atoms. The Balaban J connectivity index is 1.85. The summed E-state index contributed by atoms with van der Waals surface area (Å²) in [5.74, 6) is 0.941. The van der Waals surface area contributed by atoms with Gasteiger partial charge >= 0.3 is 0 Å². The van der Waals surface area contributed by atoms with Gasteiger partial charge in [-0.25, -0.2) is 4.39 Å². The molecule has 4 rings (SSSR count). The Morgan fingerprint density at radius 1 is 1.22 bits per heavy atom. The minimum absolute atomic E-state index is 0.228. The third-order valence-electron chi connectivity index (χ3n) is 4.82. The van der Waals surface area contributed by atoms with E-state index in [0.717, 1.165) is 48.7 Å². The lowest BCUT2D eigenvalue weighted by molar-refractivity contribution is 0.445. The van der Waals surface area contributed by atoms with E-state index in [1.165, 1.54) is 19.3 Å². The van der Waals surface area contributed by atoms with Crippen LogP contribution in [0.15, 0.2) is 29.4 Å². The highest BCUT2D eigenvalue weighted by Gasteiger charge is 2.24. The molecule has 1 aromatic carbocycles. The molecule has 0 saturated heterocycles. The number of rotatable bonds is 2. The maximum Gasteiger partial charge on any atom is 0.195 e.